The van der Waals surface area contributed by atoms with Crippen LogP contribution in [0.4, 0.5) is 0 Å². The highest BCUT2D eigenvalue weighted by atomic mass is 35.5. The number of alkyl halides is 1. The summed E-state index contributed by atoms with van der Waals surface area (Å²) in [5.74, 6) is 1.76. The number of hydrogen-bond donors (Lipinski definition) is 0. The summed E-state index contributed by atoms with van der Waals surface area (Å²) in [6.07, 6.45) is 0.880. The standard InChI is InChI=1S/C13H18ClN3O2/c1-9(6-7-18-2)17-11(8-14)15-10-4-5-12(19-3)16-13(10)17/h4-5,9H,6-8H2,1-3H3. The maximum atomic E-state index is 5.98. The molecule has 5 nitrogen and oxygen atoms in total. The van der Waals surface area contributed by atoms with E-state index in [9.17, 15) is 0 Å². The number of methoxy groups -OCH3 is 2. The predicted molar refractivity (Wildman–Crippen MR) is 74.8 cm³/mol. The molecule has 2 heterocycles. The molecule has 0 N–H and O–H groups in total. The molecule has 0 spiro atoms. The third-order valence-corrected chi connectivity index (χ3v) is 3.33. The number of ether oxygens (including phenoxy) is 2. The van der Waals surface area contributed by atoms with Crippen molar-refractivity contribution in [3.8, 4) is 5.88 Å². The second-order valence-corrected chi connectivity index (χ2v) is 4.63. The fourth-order valence-corrected chi connectivity index (χ4v) is 2.28. The Hall–Kier alpha value is -1.33. The van der Waals surface area contributed by atoms with Crippen LogP contribution in [0.15, 0.2) is 12.1 Å². The molecule has 0 amide bonds. The largest absolute Gasteiger partial charge is 0.481 e. The van der Waals surface area contributed by atoms with Crippen LogP contribution in [0.3, 0.4) is 0 Å². The number of pyridine rings is 1. The first kappa shape index (κ1) is 14.1. The Kier molecular flexibility index (Phi) is 4.61. The molecule has 2 aromatic heterocycles. The number of fused-ring (bicyclic) bond motifs is 1. The number of halogens is 1. The lowest BCUT2D eigenvalue weighted by Crippen LogP contribution is -2.11. The van der Waals surface area contributed by atoms with Gasteiger partial charge in [0.15, 0.2) is 5.65 Å². The average molecular weight is 284 g/mol. The predicted octanol–water partition coefficient (Wildman–Crippen LogP) is 2.78. The topological polar surface area (TPSA) is 49.2 Å². The summed E-state index contributed by atoms with van der Waals surface area (Å²) >= 11 is 5.98. The van der Waals surface area contributed by atoms with Gasteiger partial charge in [-0.15, -0.1) is 11.6 Å². The summed E-state index contributed by atoms with van der Waals surface area (Å²) in [7, 11) is 3.30. The van der Waals surface area contributed by atoms with Crippen molar-refractivity contribution in [1.29, 1.82) is 0 Å². The Balaban J connectivity index is 2.48. The van der Waals surface area contributed by atoms with E-state index < -0.39 is 0 Å². The quantitative estimate of drug-likeness (QED) is 0.765. The molecule has 0 fully saturated rings. The van der Waals surface area contributed by atoms with Gasteiger partial charge in [0, 0.05) is 25.8 Å². The van der Waals surface area contributed by atoms with Crippen LogP contribution in [0.2, 0.25) is 0 Å². The molecular formula is C13H18ClN3O2. The van der Waals surface area contributed by atoms with Crippen molar-refractivity contribution in [1.82, 2.24) is 14.5 Å². The monoisotopic (exact) mass is 283 g/mol. The fraction of sp³-hybridized carbons (Fsp3) is 0.538. The third kappa shape index (κ3) is 2.82. The second kappa shape index (κ2) is 6.21. The number of rotatable bonds is 6. The van der Waals surface area contributed by atoms with Gasteiger partial charge in [0.2, 0.25) is 5.88 Å². The molecule has 2 rings (SSSR count). The van der Waals surface area contributed by atoms with Gasteiger partial charge in [-0.3, -0.25) is 0 Å². The van der Waals surface area contributed by atoms with Gasteiger partial charge in [-0.25, -0.2) is 4.98 Å². The lowest BCUT2D eigenvalue weighted by Gasteiger charge is -2.16. The van der Waals surface area contributed by atoms with Crippen molar-refractivity contribution in [2.45, 2.75) is 25.3 Å². The highest BCUT2D eigenvalue weighted by molar-refractivity contribution is 6.16. The van der Waals surface area contributed by atoms with Gasteiger partial charge >= 0.3 is 0 Å². The molecule has 0 bridgehead atoms. The summed E-state index contributed by atoms with van der Waals surface area (Å²) < 4.78 is 12.4. The van der Waals surface area contributed by atoms with Gasteiger partial charge in [-0.05, 0) is 19.4 Å². The molecule has 104 valence electrons. The molecule has 19 heavy (non-hydrogen) atoms. The van der Waals surface area contributed by atoms with Crippen LogP contribution in [0.5, 0.6) is 5.88 Å². The molecule has 0 aromatic carbocycles. The molecule has 0 saturated carbocycles. The van der Waals surface area contributed by atoms with E-state index in [2.05, 4.69) is 21.5 Å². The third-order valence-electron chi connectivity index (χ3n) is 3.09. The molecule has 2 aromatic rings. The van der Waals surface area contributed by atoms with Crippen LogP contribution < -0.4 is 4.74 Å². The van der Waals surface area contributed by atoms with Crippen LogP contribution in [0.1, 0.15) is 25.2 Å². The van der Waals surface area contributed by atoms with E-state index in [0.717, 1.165) is 23.4 Å². The van der Waals surface area contributed by atoms with Crippen LogP contribution in [0.25, 0.3) is 11.2 Å². The normalized spacial score (nSPS) is 12.8. The van der Waals surface area contributed by atoms with Gasteiger partial charge in [-0.2, -0.15) is 4.98 Å². The number of nitrogens with zero attached hydrogens (tertiary/aromatic N) is 3. The number of aromatic nitrogens is 3. The second-order valence-electron chi connectivity index (χ2n) is 4.36. The lowest BCUT2D eigenvalue weighted by molar-refractivity contribution is 0.181. The van der Waals surface area contributed by atoms with Gasteiger partial charge in [0.1, 0.15) is 11.3 Å². The zero-order valence-corrected chi connectivity index (χ0v) is 12.1. The smallest absolute Gasteiger partial charge is 0.215 e. The van der Waals surface area contributed by atoms with Crippen molar-refractivity contribution in [2.24, 2.45) is 0 Å². The van der Waals surface area contributed by atoms with Gasteiger partial charge in [-0.1, -0.05) is 0 Å². The Labute approximate surface area is 117 Å². The highest BCUT2D eigenvalue weighted by Crippen LogP contribution is 2.24. The SMILES string of the molecule is COCCC(C)n1c(CCl)nc2ccc(OC)nc21. The Morgan fingerprint density at radius 3 is 2.74 bits per heavy atom. The lowest BCUT2D eigenvalue weighted by atomic mass is 10.2. The summed E-state index contributed by atoms with van der Waals surface area (Å²) in [6, 6.07) is 3.92. The van der Waals surface area contributed by atoms with Crippen molar-refractivity contribution < 1.29 is 9.47 Å². The average Bonchev–Trinajstić information content (AvgIpc) is 2.82. The maximum absolute atomic E-state index is 5.98. The Bertz CT molecular complexity index is 556. The van der Waals surface area contributed by atoms with E-state index in [0.29, 0.717) is 18.4 Å². The van der Waals surface area contributed by atoms with E-state index >= 15 is 0 Å². The van der Waals surface area contributed by atoms with Gasteiger partial charge < -0.3 is 14.0 Å². The van der Waals surface area contributed by atoms with Crippen LogP contribution in [-0.2, 0) is 10.6 Å². The molecule has 0 aliphatic rings. The molecule has 0 saturated heterocycles. The highest BCUT2D eigenvalue weighted by Gasteiger charge is 2.16. The first-order chi connectivity index (χ1) is 9.21. The van der Waals surface area contributed by atoms with Crippen molar-refractivity contribution >= 4 is 22.8 Å². The zero-order chi connectivity index (χ0) is 13.8. The van der Waals surface area contributed by atoms with E-state index in [1.807, 2.05) is 6.07 Å². The van der Waals surface area contributed by atoms with Crippen LogP contribution >= 0.6 is 11.6 Å². The summed E-state index contributed by atoms with van der Waals surface area (Å²) in [6.45, 7) is 2.80. The first-order valence-corrected chi connectivity index (χ1v) is 6.71. The molecule has 0 radical (unpaired) electrons. The molecular weight excluding hydrogens is 266 g/mol. The number of hydrogen-bond acceptors (Lipinski definition) is 4. The zero-order valence-electron chi connectivity index (χ0n) is 11.4. The van der Waals surface area contributed by atoms with E-state index in [4.69, 9.17) is 21.1 Å². The van der Waals surface area contributed by atoms with Crippen molar-refractivity contribution in [2.75, 3.05) is 20.8 Å². The molecule has 1 atom stereocenters. The Morgan fingerprint density at radius 1 is 1.32 bits per heavy atom. The first-order valence-electron chi connectivity index (χ1n) is 6.18. The molecule has 6 heteroatoms. The van der Waals surface area contributed by atoms with E-state index in [-0.39, 0.29) is 6.04 Å². The van der Waals surface area contributed by atoms with Crippen LogP contribution in [-0.4, -0.2) is 35.4 Å². The number of imidazole rings is 1. The minimum Gasteiger partial charge on any atom is -0.481 e. The minimum atomic E-state index is 0.221. The van der Waals surface area contributed by atoms with E-state index in [1.165, 1.54) is 0 Å². The van der Waals surface area contributed by atoms with Gasteiger partial charge in [0.25, 0.3) is 0 Å². The summed E-state index contributed by atoms with van der Waals surface area (Å²) in [5, 5.41) is 0. The Morgan fingerprint density at radius 2 is 2.11 bits per heavy atom. The van der Waals surface area contributed by atoms with Crippen molar-refractivity contribution in [3.05, 3.63) is 18.0 Å². The van der Waals surface area contributed by atoms with Gasteiger partial charge in [0.05, 0.1) is 13.0 Å². The fourth-order valence-electron chi connectivity index (χ4n) is 2.09. The minimum absolute atomic E-state index is 0.221. The molecule has 1 unspecified atom stereocenters. The molecule has 0 aliphatic heterocycles. The summed E-state index contributed by atoms with van der Waals surface area (Å²) in [4.78, 5) is 8.98. The maximum Gasteiger partial charge on any atom is 0.215 e. The van der Waals surface area contributed by atoms with E-state index in [1.54, 1.807) is 20.3 Å². The van der Waals surface area contributed by atoms with Crippen molar-refractivity contribution in [3.63, 3.8) is 0 Å². The van der Waals surface area contributed by atoms with Crippen LogP contribution in [0, 0.1) is 0 Å². The molecule has 0 aliphatic carbocycles. The summed E-state index contributed by atoms with van der Waals surface area (Å²) in [5.41, 5.74) is 1.64.